The highest BCUT2D eigenvalue weighted by Crippen LogP contribution is 2.27. The number of fused-ring (bicyclic) bond motifs is 1. The first kappa shape index (κ1) is 5.48. The summed E-state index contributed by atoms with van der Waals surface area (Å²) < 4.78 is 0. The lowest BCUT2D eigenvalue weighted by Gasteiger charge is -2.15. The number of hydrogen-bond donors (Lipinski definition) is 0. The first-order valence-electron chi connectivity index (χ1n) is 3.78. The fourth-order valence-electron chi connectivity index (χ4n) is 1.91. The van der Waals surface area contributed by atoms with Gasteiger partial charge in [0.05, 0.1) is 0 Å². The first-order valence-corrected chi connectivity index (χ1v) is 3.78. The van der Waals surface area contributed by atoms with Gasteiger partial charge in [-0.2, -0.15) is 0 Å². The molecule has 0 aromatic heterocycles. The molecule has 2 aliphatic heterocycles. The Hall–Kier alpha value is -0.300. The quantitative estimate of drug-likeness (QED) is 0.438. The van der Waals surface area contributed by atoms with E-state index in [0.29, 0.717) is 0 Å². The average molecular weight is 123 g/mol. The normalized spacial score (nSPS) is 41.9. The molecular weight excluding hydrogens is 110 g/mol. The van der Waals surface area contributed by atoms with Gasteiger partial charge < -0.3 is 0 Å². The highest BCUT2D eigenvalue weighted by atomic mass is 15.2. The van der Waals surface area contributed by atoms with Crippen LogP contribution in [-0.2, 0) is 0 Å². The van der Waals surface area contributed by atoms with Gasteiger partial charge in [-0.3, -0.25) is 4.90 Å². The van der Waals surface area contributed by atoms with Gasteiger partial charge in [-0.15, -0.1) is 0 Å². The molecule has 0 N–H and O–H groups in total. The van der Waals surface area contributed by atoms with Crippen molar-refractivity contribution in [1.82, 2.24) is 4.90 Å². The van der Waals surface area contributed by atoms with E-state index >= 15 is 0 Å². The van der Waals surface area contributed by atoms with Gasteiger partial charge in [-0.1, -0.05) is 19.1 Å². The van der Waals surface area contributed by atoms with E-state index in [1.54, 1.807) is 0 Å². The van der Waals surface area contributed by atoms with Crippen molar-refractivity contribution in [2.24, 2.45) is 5.92 Å². The van der Waals surface area contributed by atoms with Crippen LogP contribution < -0.4 is 0 Å². The Bertz CT molecular complexity index is 140. The standard InChI is InChI=1S/C8H13N/c1-7-4-6-9-5-2-3-8(7)9/h2-3,7-8H,4-6H2,1H3/t7-,8-/m1/s1. The zero-order valence-electron chi connectivity index (χ0n) is 5.88. The van der Waals surface area contributed by atoms with E-state index in [0.717, 1.165) is 12.0 Å². The van der Waals surface area contributed by atoms with Crippen molar-refractivity contribution in [3.05, 3.63) is 12.2 Å². The molecule has 2 rings (SSSR count). The molecule has 0 aromatic carbocycles. The fraction of sp³-hybridized carbons (Fsp3) is 0.750. The van der Waals surface area contributed by atoms with Crippen molar-refractivity contribution < 1.29 is 0 Å². The summed E-state index contributed by atoms with van der Waals surface area (Å²) in [6, 6.07) is 0.796. The number of hydrogen-bond acceptors (Lipinski definition) is 1. The summed E-state index contributed by atoms with van der Waals surface area (Å²) in [6.45, 7) is 4.87. The maximum Gasteiger partial charge on any atom is 0.0308 e. The van der Waals surface area contributed by atoms with Gasteiger partial charge in [0.2, 0.25) is 0 Å². The molecule has 1 saturated heterocycles. The third-order valence-electron chi connectivity index (χ3n) is 2.55. The molecule has 0 amide bonds. The summed E-state index contributed by atoms with van der Waals surface area (Å²) in [5.41, 5.74) is 0. The fourth-order valence-corrected chi connectivity index (χ4v) is 1.91. The molecule has 0 bridgehead atoms. The lowest BCUT2D eigenvalue weighted by atomic mass is 10.0. The molecule has 9 heavy (non-hydrogen) atoms. The lowest BCUT2D eigenvalue weighted by molar-refractivity contribution is 0.321. The van der Waals surface area contributed by atoms with Crippen LogP contribution in [0.3, 0.4) is 0 Å². The van der Waals surface area contributed by atoms with Gasteiger partial charge in [0.1, 0.15) is 0 Å². The topological polar surface area (TPSA) is 3.24 Å². The first-order chi connectivity index (χ1) is 4.38. The molecule has 2 atom stereocenters. The largest absolute Gasteiger partial charge is 0.293 e. The third-order valence-corrected chi connectivity index (χ3v) is 2.55. The van der Waals surface area contributed by atoms with Crippen LogP contribution in [-0.4, -0.2) is 24.0 Å². The van der Waals surface area contributed by atoms with E-state index in [4.69, 9.17) is 0 Å². The minimum Gasteiger partial charge on any atom is -0.293 e. The number of rotatable bonds is 0. The van der Waals surface area contributed by atoms with E-state index in [2.05, 4.69) is 24.0 Å². The predicted molar refractivity (Wildman–Crippen MR) is 38.3 cm³/mol. The Labute approximate surface area is 56.4 Å². The second kappa shape index (κ2) is 1.84. The van der Waals surface area contributed by atoms with E-state index in [9.17, 15) is 0 Å². The summed E-state index contributed by atoms with van der Waals surface area (Å²) in [6.07, 6.45) is 6.05. The van der Waals surface area contributed by atoms with E-state index < -0.39 is 0 Å². The Morgan fingerprint density at radius 1 is 1.56 bits per heavy atom. The molecule has 2 aliphatic rings. The molecule has 50 valence electrons. The highest BCUT2D eigenvalue weighted by molar-refractivity contribution is 5.08. The van der Waals surface area contributed by atoms with E-state index in [-0.39, 0.29) is 0 Å². The van der Waals surface area contributed by atoms with Gasteiger partial charge in [0.25, 0.3) is 0 Å². The van der Waals surface area contributed by atoms with Crippen LogP contribution in [0, 0.1) is 5.92 Å². The molecule has 1 heteroatoms. The van der Waals surface area contributed by atoms with Crippen LogP contribution in [0.4, 0.5) is 0 Å². The lowest BCUT2D eigenvalue weighted by Crippen LogP contribution is -2.25. The van der Waals surface area contributed by atoms with Crippen molar-refractivity contribution in [1.29, 1.82) is 0 Å². The molecule has 1 nitrogen and oxygen atoms in total. The monoisotopic (exact) mass is 123 g/mol. The minimum absolute atomic E-state index is 0.796. The Kier molecular flexibility index (Phi) is 1.12. The maximum atomic E-state index is 2.55. The molecule has 0 radical (unpaired) electrons. The van der Waals surface area contributed by atoms with Crippen LogP contribution in [0.15, 0.2) is 12.2 Å². The summed E-state index contributed by atoms with van der Waals surface area (Å²) in [7, 11) is 0. The summed E-state index contributed by atoms with van der Waals surface area (Å²) in [4.78, 5) is 2.55. The van der Waals surface area contributed by atoms with Crippen molar-refractivity contribution in [3.8, 4) is 0 Å². The average Bonchev–Trinajstić information content (AvgIpc) is 2.35. The molecule has 0 aliphatic carbocycles. The van der Waals surface area contributed by atoms with E-state index in [1.165, 1.54) is 19.5 Å². The van der Waals surface area contributed by atoms with Gasteiger partial charge >= 0.3 is 0 Å². The molecule has 0 saturated carbocycles. The van der Waals surface area contributed by atoms with Crippen molar-refractivity contribution in [2.45, 2.75) is 19.4 Å². The molecule has 0 spiro atoms. The van der Waals surface area contributed by atoms with Crippen LogP contribution in [0.2, 0.25) is 0 Å². The van der Waals surface area contributed by atoms with Crippen LogP contribution in [0.1, 0.15) is 13.3 Å². The molecule has 1 fully saturated rings. The maximum absolute atomic E-state index is 2.55. The zero-order valence-corrected chi connectivity index (χ0v) is 5.88. The van der Waals surface area contributed by atoms with Crippen molar-refractivity contribution >= 4 is 0 Å². The zero-order chi connectivity index (χ0) is 6.27. The van der Waals surface area contributed by atoms with Gasteiger partial charge in [0, 0.05) is 12.6 Å². The highest BCUT2D eigenvalue weighted by Gasteiger charge is 2.30. The SMILES string of the molecule is C[C@@H]1CCN2CC=C[C@H]12. The number of nitrogens with zero attached hydrogens (tertiary/aromatic N) is 1. The Morgan fingerprint density at radius 2 is 2.44 bits per heavy atom. The Morgan fingerprint density at radius 3 is 3.22 bits per heavy atom. The second-order valence-electron chi connectivity index (χ2n) is 3.18. The van der Waals surface area contributed by atoms with Crippen LogP contribution in [0.5, 0.6) is 0 Å². The molecular formula is C8H13N. The molecule has 0 aromatic rings. The van der Waals surface area contributed by atoms with Gasteiger partial charge in [0.15, 0.2) is 0 Å². The van der Waals surface area contributed by atoms with Crippen LogP contribution in [0.25, 0.3) is 0 Å². The van der Waals surface area contributed by atoms with Crippen molar-refractivity contribution in [2.75, 3.05) is 13.1 Å². The second-order valence-corrected chi connectivity index (χ2v) is 3.18. The summed E-state index contributed by atoms with van der Waals surface area (Å²) in [5.74, 6) is 0.906. The van der Waals surface area contributed by atoms with Gasteiger partial charge in [-0.05, 0) is 18.9 Å². The minimum atomic E-state index is 0.796. The third kappa shape index (κ3) is 0.715. The van der Waals surface area contributed by atoms with Crippen LogP contribution >= 0.6 is 0 Å². The summed E-state index contributed by atoms with van der Waals surface area (Å²) in [5, 5.41) is 0. The van der Waals surface area contributed by atoms with Gasteiger partial charge in [-0.25, -0.2) is 0 Å². The van der Waals surface area contributed by atoms with E-state index in [1.807, 2.05) is 0 Å². The molecule has 2 heterocycles. The van der Waals surface area contributed by atoms with Crippen molar-refractivity contribution in [3.63, 3.8) is 0 Å². The Balaban J connectivity index is 2.15. The summed E-state index contributed by atoms with van der Waals surface area (Å²) >= 11 is 0. The molecule has 0 unspecified atom stereocenters. The predicted octanol–water partition coefficient (Wildman–Crippen LogP) is 1.27. The smallest absolute Gasteiger partial charge is 0.0308 e.